The molecule has 0 radical (unpaired) electrons. The lowest BCUT2D eigenvalue weighted by atomic mass is 10.1. The number of benzene rings is 2. The van der Waals surface area contributed by atoms with Crippen molar-refractivity contribution < 1.29 is 19.1 Å². The molecule has 0 aromatic heterocycles. The summed E-state index contributed by atoms with van der Waals surface area (Å²) in [6, 6.07) is 11.2. The zero-order valence-corrected chi connectivity index (χ0v) is 19.9. The molecule has 2 amide bonds. The van der Waals surface area contributed by atoms with Crippen molar-refractivity contribution in [1.29, 1.82) is 0 Å². The molecule has 6 nitrogen and oxygen atoms in total. The van der Waals surface area contributed by atoms with Crippen molar-refractivity contribution >= 4 is 35.0 Å². The van der Waals surface area contributed by atoms with E-state index in [0.717, 1.165) is 0 Å². The molecule has 0 aliphatic carbocycles. The third kappa shape index (κ3) is 7.64. The first-order valence-electron chi connectivity index (χ1n) is 9.82. The van der Waals surface area contributed by atoms with E-state index in [0.29, 0.717) is 27.1 Å². The molecule has 2 aromatic rings. The van der Waals surface area contributed by atoms with E-state index in [-0.39, 0.29) is 25.0 Å². The number of nitrogens with one attached hydrogen (secondary N) is 1. The number of carbonyl (C=O) groups is 2. The molecular weight excluding hydrogens is 439 g/mol. The summed E-state index contributed by atoms with van der Waals surface area (Å²) in [6.07, 6.45) is 0. The van der Waals surface area contributed by atoms with E-state index in [2.05, 4.69) is 5.32 Å². The van der Waals surface area contributed by atoms with E-state index in [1.807, 2.05) is 20.8 Å². The summed E-state index contributed by atoms with van der Waals surface area (Å²) in [4.78, 5) is 27.3. The van der Waals surface area contributed by atoms with Gasteiger partial charge in [-0.1, -0.05) is 29.3 Å². The number of hydrogen-bond acceptors (Lipinski definition) is 4. The fourth-order valence-electron chi connectivity index (χ4n) is 2.79. The number of ether oxygens (including phenoxy) is 2. The van der Waals surface area contributed by atoms with Crippen LogP contribution in [0.4, 0.5) is 0 Å². The minimum Gasteiger partial charge on any atom is -0.497 e. The van der Waals surface area contributed by atoms with Gasteiger partial charge >= 0.3 is 0 Å². The molecule has 1 N–H and O–H groups in total. The second-order valence-corrected chi connectivity index (χ2v) is 8.98. The minimum atomic E-state index is -0.738. The van der Waals surface area contributed by atoms with Gasteiger partial charge in [0, 0.05) is 22.1 Å². The Morgan fingerprint density at radius 1 is 1.06 bits per heavy atom. The highest BCUT2D eigenvalue weighted by atomic mass is 35.5. The van der Waals surface area contributed by atoms with Crippen LogP contribution in [0.2, 0.25) is 10.0 Å². The van der Waals surface area contributed by atoms with Gasteiger partial charge in [-0.15, -0.1) is 0 Å². The Bertz CT molecular complexity index is 911. The van der Waals surface area contributed by atoms with E-state index in [9.17, 15) is 9.59 Å². The molecule has 0 heterocycles. The van der Waals surface area contributed by atoms with Crippen LogP contribution in [0.3, 0.4) is 0 Å². The molecule has 0 saturated heterocycles. The highest BCUT2D eigenvalue weighted by Crippen LogP contribution is 2.24. The quantitative estimate of drug-likeness (QED) is 0.611. The number of rotatable bonds is 8. The minimum absolute atomic E-state index is 0.138. The summed E-state index contributed by atoms with van der Waals surface area (Å²) < 4.78 is 10.8. The summed E-state index contributed by atoms with van der Waals surface area (Å²) in [5, 5.41) is 3.82. The summed E-state index contributed by atoms with van der Waals surface area (Å²) in [5.41, 5.74) is 0.247. The first-order valence-corrected chi connectivity index (χ1v) is 10.6. The van der Waals surface area contributed by atoms with Gasteiger partial charge in [0.15, 0.2) is 6.61 Å². The Labute approximate surface area is 193 Å². The van der Waals surface area contributed by atoms with Crippen molar-refractivity contribution in [3.05, 3.63) is 58.1 Å². The van der Waals surface area contributed by atoms with Gasteiger partial charge in [0.1, 0.15) is 17.5 Å². The van der Waals surface area contributed by atoms with Crippen LogP contribution in [0.1, 0.15) is 33.3 Å². The Balaban J connectivity index is 2.19. The maximum Gasteiger partial charge on any atom is 0.261 e. The van der Waals surface area contributed by atoms with Gasteiger partial charge in [0.25, 0.3) is 5.91 Å². The zero-order chi connectivity index (χ0) is 23.2. The van der Waals surface area contributed by atoms with Crippen molar-refractivity contribution in [2.75, 3.05) is 13.7 Å². The van der Waals surface area contributed by atoms with Crippen LogP contribution in [0.15, 0.2) is 42.5 Å². The molecule has 8 heteroatoms. The van der Waals surface area contributed by atoms with Crippen molar-refractivity contribution in [1.82, 2.24) is 10.2 Å². The molecular formula is C23H28Cl2N2O4. The number of amides is 2. The molecule has 0 bridgehead atoms. The Morgan fingerprint density at radius 3 is 2.23 bits per heavy atom. The molecule has 0 unspecified atom stereocenters. The zero-order valence-electron chi connectivity index (χ0n) is 18.4. The van der Waals surface area contributed by atoms with Gasteiger partial charge in [-0.2, -0.15) is 0 Å². The monoisotopic (exact) mass is 466 g/mol. The Hall–Kier alpha value is -2.44. The second-order valence-electron chi connectivity index (χ2n) is 8.14. The van der Waals surface area contributed by atoms with E-state index >= 15 is 0 Å². The fourth-order valence-corrected chi connectivity index (χ4v) is 3.26. The smallest absolute Gasteiger partial charge is 0.261 e. The SMILES string of the molecule is COc1ccc(OCC(=O)N(Cc2ccc(Cl)cc2Cl)[C@@H](C)C(=O)NC(C)(C)C)cc1. The molecule has 1 atom stereocenters. The Kier molecular flexibility index (Phi) is 8.60. The lowest BCUT2D eigenvalue weighted by molar-refractivity contribution is -0.142. The number of hydrogen-bond donors (Lipinski definition) is 1. The molecule has 0 aliphatic heterocycles. The molecule has 2 rings (SSSR count). The van der Waals surface area contributed by atoms with Crippen LogP contribution in [0.25, 0.3) is 0 Å². The normalized spacial score (nSPS) is 12.1. The van der Waals surface area contributed by atoms with Crippen molar-refractivity contribution in [3.63, 3.8) is 0 Å². The van der Waals surface area contributed by atoms with Gasteiger partial charge in [-0.05, 0) is 69.7 Å². The van der Waals surface area contributed by atoms with Crippen molar-refractivity contribution in [3.8, 4) is 11.5 Å². The lowest BCUT2D eigenvalue weighted by Crippen LogP contribution is -2.53. The maximum atomic E-state index is 13.1. The van der Waals surface area contributed by atoms with Crippen molar-refractivity contribution in [2.45, 2.75) is 45.8 Å². The summed E-state index contributed by atoms with van der Waals surface area (Å²) >= 11 is 12.3. The van der Waals surface area contributed by atoms with Gasteiger partial charge < -0.3 is 19.7 Å². The fraction of sp³-hybridized carbons (Fsp3) is 0.391. The predicted molar refractivity (Wildman–Crippen MR) is 123 cm³/mol. The molecule has 0 fully saturated rings. The summed E-state index contributed by atoms with van der Waals surface area (Å²) in [7, 11) is 1.57. The number of methoxy groups -OCH3 is 1. The lowest BCUT2D eigenvalue weighted by Gasteiger charge is -2.31. The van der Waals surface area contributed by atoms with Crippen molar-refractivity contribution in [2.24, 2.45) is 0 Å². The van der Waals surface area contributed by atoms with Gasteiger partial charge in [-0.25, -0.2) is 0 Å². The number of carbonyl (C=O) groups excluding carboxylic acids is 2. The number of halogens is 2. The van der Waals surface area contributed by atoms with Crippen LogP contribution < -0.4 is 14.8 Å². The number of nitrogens with zero attached hydrogens (tertiary/aromatic N) is 1. The highest BCUT2D eigenvalue weighted by Gasteiger charge is 2.29. The first-order chi connectivity index (χ1) is 14.5. The topological polar surface area (TPSA) is 67.9 Å². The highest BCUT2D eigenvalue weighted by molar-refractivity contribution is 6.35. The third-order valence-electron chi connectivity index (χ3n) is 4.44. The van der Waals surface area contributed by atoms with E-state index in [1.54, 1.807) is 56.5 Å². The van der Waals surface area contributed by atoms with Gasteiger partial charge in [-0.3, -0.25) is 9.59 Å². The maximum absolute atomic E-state index is 13.1. The van der Waals surface area contributed by atoms with E-state index < -0.39 is 11.6 Å². The molecule has 2 aromatic carbocycles. The van der Waals surface area contributed by atoms with Gasteiger partial charge in [0.05, 0.1) is 7.11 Å². The van der Waals surface area contributed by atoms with E-state index in [4.69, 9.17) is 32.7 Å². The third-order valence-corrected chi connectivity index (χ3v) is 5.03. The first kappa shape index (κ1) is 24.8. The summed E-state index contributed by atoms with van der Waals surface area (Å²) in [6.45, 7) is 7.23. The average Bonchev–Trinajstić information content (AvgIpc) is 2.70. The summed E-state index contributed by atoms with van der Waals surface area (Å²) in [5.74, 6) is 0.587. The predicted octanol–water partition coefficient (Wildman–Crippen LogP) is 4.71. The second kappa shape index (κ2) is 10.7. The van der Waals surface area contributed by atoms with Crippen LogP contribution >= 0.6 is 23.2 Å². The molecule has 168 valence electrons. The van der Waals surface area contributed by atoms with Crippen LogP contribution in [0.5, 0.6) is 11.5 Å². The molecule has 0 saturated carbocycles. The molecule has 31 heavy (non-hydrogen) atoms. The standard InChI is InChI=1S/C23H28Cl2N2O4/c1-15(22(29)26-23(2,3)4)27(13-16-6-7-17(24)12-20(16)25)21(28)14-31-19-10-8-18(30-5)9-11-19/h6-12,15H,13-14H2,1-5H3,(H,26,29)/t15-/m0/s1. The largest absolute Gasteiger partial charge is 0.497 e. The molecule has 0 spiro atoms. The van der Waals surface area contributed by atoms with Crippen LogP contribution in [-0.4, -0.2) is 42.0 Å². The van der Waals surface area contributed by atoms with Crippen LogP contribution in [-0.2, 0) is 16.1 Å². The van der Waals surface area contributed by atoms with Crippen LogP contribution in [0, 0.1) is 0 Å². The van der Waals surface area contributed by atoms with E-state index in [1.165, 1.54) is 4.90 Å². The average molecular weight is 467 g/mol. The Morgan fingerprint density at radius 2 is 1.68 bits per heavy atom. The molecule has 0 aliphatic rings. The van der Waals surface area contributed by atoms with Gasteiger partial charge in [0.2, 0.25) is 5.91 Å².